The first kappa shape index (κ1) is 12.7. The van der Waals surface area contributed by atoms with E-state index in [0.717, 1.165) is 10.9 Å². The fourth-order valence-electron chi connectivity index (χ4n) is 1.36. The molecule has 0 unspecified atom stereocenters. The number of fused-ring (bicyclic) bond motifs is 1. The van der Waals surface area contributed by atoms with Crippen molar-refractivity contribution in [1.29, 1.82) is 0 Å². The zero-order chi connectivity index (χ0) is 12.8. The first-order valence-corrected chi connectivity index (χ1v) is 6.93. The van der Waals surface area contributed by atoms with Crippen LogP contribution in [0.2, 0.25) is 5.02 Å². The molecule has 2 rings (SSSR count). The lowest BCUT2D eigenvalue weighted by Crippen LogP contribution is -2.06. The number of aromatic hydroxyl groups is 1. The van der Waals surface area contributed by atoms with E-state index >= 15 is 0 Å². The van der Waals surface area contributed by atoms with Gasteiger partial charge in [0, 0.05) is 9.86 Å². The number of phosphoric acid groups is 1. The number of benzene rings is 1. The topological polar surface area (TPSA) is 91.9 Å². The number of hydrogen-bond donors (Lipinski definition) is 3. The summed E-state index contributed by atoms with van der Waals surface area (Å²) in [5.74, 6) is -0.175. The molecule has 17 heavy (non-hydrogen) atoms. The predicted molar refractivity (Wildman–Crippen MR) is 64.9 cm³/mol. The van der Waals surface area contributed by atoms with Crippen molar-refractivity contribution in [3.63, 3.8) is 0 Å². The summed E-state index contributed by atoms with van der Waals surface area (Å²) in [7, 11) is -4.71. The Hall–Kier alpha value is -0.720. The monoisotopic (exact) mass is 341 g/mol. The van der Waals surface area contributed by atoms with Crippen molar-refractivity contribution in [2.75, 3.05) is 0 Å². The van der Waals surface area contributed by atoms with Crippen LogP contribution in [0.25, 0.3) is 10.9 Å². The summed E-state index contributed by atoms with van der Waals surface area (Å²) < 4.78 is 16.4. The highest BCUT2D eigenvalue weighted by Gasteiger charge is 2.20. The van der Waals surface area contributed by atoms with Gasteiger partial charge in [-0.3, -0.25) is 9.79 Å². The van der Waals surface area contributed by atoms with E-state index in [-0.39, 0.29) is 11.3 Å². The quantitative estimate of drug-likeness (QED) is 0.728. The first-order chi connectivity index (χ1) is 7.78. The van der Waals surface area contributed by atoms with E-state index in [1.807, 2.05) is 0 Å². The van der Waals surface area contributed by atoms with Gasteiger partial charge in [-0.25, -0.2) is 4.57 Å². The zero-order valence-corrected chi connectivity index (χ0v) is 11.3. The molecule has 0 aliphatic heterocycles. The minimum atomic E-state index is -4.71. The largest absolute Gasteiger partial charge is 0.543 e. The molecular formula is C8H6BrClNO5P. The summed E-state index contributed by atoms with van der Waals surface area (Å²) in [5, 5.41) is 10.3. The van der Waals surface area contributed by atoms with Crippen molar-refractivity contribution in [3.05, 3.63) is 27.8 Å². The molecule has 92 valence electrons. The third-order valence-corrected chi connectivity index (χ3v) is 3.57. The molecule has 3 N–H and O–H groups in total. The van der Waals surface area contributed by atoms with Crippen LogP contribution >= 0.6 is 35.4 Å². The lowest BCUT2D eigenvalue weighted by Gasteiger charge is -2.08. The number of hydrogen-bond acceptors (Lipinski definition) is 3. The SMILES string of the molecule is O=P(O)(O)On1cc(O)c2cc(Br)c(Cl)cc21. The molecule has 2 aromatic rings. The first-order valence-electron chi connectivity index (χ1n) is 4.22. The van der Waals surface area contributed by atoms with E-state index in [9.17, 15) is 9.67 Å². The normalized spacial score (nSPS) is 12.0. The minimum absolute atomic E-state index is 0.175. The Bertz CT molecular complexity index is 636. The molecule has 1 heterocycles. The third-order valence-electron chi connectivity index (χ3n) is 1.99. The van der Waals surface area contributed by atoms with Gasteiger partial charge in [-0.05, 0) is 28.1 Å². The van der Waals surface area contributed by atoms with Gasteiger partial charge < -0.3 is 9.73 Å². The van der Waals surface area contributed by atoms with E-state index in [0.29, 0.717) is 14.9 Å². The Morgan fingerprint density at radius 1 is 1.41 bits per heavy atom. The average Bonchev–Trinajstić information content (AvgIpc) is 2.43. The molecule has 1 aromatic heterocycles. The highest BCUT2D eigenvalue weighted by molar-refractivity contribution is 9.10. The summed E-state index contributed by atoms with van der Waals surface area (Å²) in [6.07, 6.45) is 1.05. The second-order valence-corrected chi connectivity index (χ2v) is 5.60. The maximum atomic E-state index is 10.7. The fourth-order valence-corrected chi connectivity index (χ4v) is 2.22. The standard InChI is InChI=1S/C8H6BrClNO5P/c9-5-1-4-7(2-6(5)10)11(3-8(4)12)16-17(13,14)15/h1-3,12H,(H2,13,14,15). The van der Waals surface area contributed by atoms with Gasteiger partial charge in [0.2, 0.25) is 0 Å². The second-order valence-electron chi connectivity index (χ2n) is 3.20. The van der Waals surface area contributed by atoms with Crippen LogP contribution in [0.15, 0.2) is 22.8 Å². The number of rotatable bonds is 2. The maximum Gasteiger partial charge on any atom is 0.543 e. The van der Waals surface area contributed by atoms with Crippen molar-refractivity contribution < 1.29 is 24.1 Å². The van der Waals surface area contributed by atoms with E-state index in [4.69, 9.17) is 21.4 Å². The van der Waals surface area contributed by atoms with Gasteiger partial charge in [-0.15, -0.1) is 0 Å². The summed E-state index contributed by atoms with van der Waals surface area (Å²) in [4.78, 5) is 17.4. The average molecular weight is 342 g/mol. The Kier molecular flexibility index (Phi) is 3.14. The van der Waals surface area contributed by atoms with Gasteiger partial charge in [-0.1, -0.05) is 11.6 Å². The van der Waals surface area contributed by atoms with Gasteiger partial charge in [-0.2, -0.15) is 4.73 Å². The van der Waals surface area contributed by atoms with Crippen molar-refractivity contribution in [2.24, 2.45) is 0 Å². The van der Waals surface area contributed by atoms with Gasteiger partial charge in [0.25, 0.3) is 0 Å². The summed E-state index contributed by atoms with van der Waals surface area (Å²) in [6, 6.07) is 2.93. The molecule has 6 nitrogen and oxygen atoms in total. The molecule has 1 aromatic carbocycles. The molecule has 0 radical (unpaired) electrons. The van der Waals surface area contributed by atoms with E-state index < -0.39 is 7.82 Å². The van der Waals surface area contributed by atoms with Crippen LogP contribution in [0.3, 0.4) is 0 Å². The molecule has 0 spiro atoms. The Balaban J connectivity index is 2.66. The van der Waals surface area contributed by atoms with Gasteiger partial charge >= 0.3 is 7.82 Å². The highest BCUT2D eigenvalue weighted by atomic mass is 79.9. The van der Waals surface area contributed by atoms with E-state index in [1.165, 1.54) is 12.1 Å². The van der Waals surface area contributed by atoms with Crippen LogP contribution in [0.5, 0.6) is 5.75 Å². The van der Waals surface area contributed by atoms with Crippen molar-refractivity contribution in [1.82, 2.24) is 4.73 Å². The van der Waals surface area contributed by atoms with E-state index in [2.05, 4.69) is 20.6 Å². The maximum absolute atomic E-state index is 10.7. The molecule has 0 amide bonds. The minimum Gasteiger partial charge on any atom is -0.506 e. The lowest BCUT2D eigenvalue weighted by atomic mass is 10.2. The molecular weight excluding hydrogens is 336 g/mol. The summed E-state index contributed by atoms with van der Waals surface area (Å²) in [6.45, 7) is 0. The highest BCUT2D eigenvalue weighted by Crippen LogP contribution is 2.38. The van der Waals surface area contributed by atoms with Gasteiger partial charge in [0.05, 0.1) is 16.7 Å². The molecule has 0 fully saturated rings. The fraction of sp³-hybridized carbons (Fsp3) is 0. The van der Waals surface area contributed by atoms with Gasteiger partial charge in [0.1, 0.15) is 5.75 Å². The van der Waals surface area contributed by atoms with Crippen LogP contribution in [0, 0.1) is 0 Å². The van der Waals surface area contributed by atoms with Crippen molar-refractivity contribution in [2.45, 2.75) is 0 Å². The summed E-state index contributed by atoms with van der Waals surface area (Å²) >= 11 is 9.02. The molecule has 0 saturated heterocycles. The van der Waals surface area contributed by atoms with Crippen molar-refractivity contribution in [3.8, 4) is 5.75 Å². The molecule has 9 heteroatoms. The van der Waals surface area contributed by atoms with Gasteiger partial charge in [0.15, 0.2) is 0 Å². The van der Waals surface area contributed by atoms with Crippen LogP contribution in [-0.2, 0) is 4.57 Å². The number of aromatic nitrogens is 1. The van der Waals surface area contributed by atoms with E-state index in [1.54, 1.807) is 0 Å². The Morgan fingerprint density at radius 3 is 2.65 bits per heavy atom. The third kappa shape index (κ3) is 2.59. The van der Waals surface area contributed by atoms with Crippen LogP contribution in [0.1, 0.15) is 0 Å². The number of nitrogens with zero attached hydrogens (tertiary/aromatic N) is 1. The summed E-state index contributed by atoms with van der Waals surface area (Å²) in [5.41, 5.74) is 0.249. The number of halogens is 2. The molecule has 0 aliphatic rings. The van der Waals surface area contributed by atoms with Crippen LogP contribution in [-0.4, -0.2) is 19.6 Å². The van der Waals surface area contributed by atoms with Crippen LogP contribution < -0.4 is 4.62 Å². The van der Waals surface area contributed by atoms with Crippen LogP contribution in [0.4, 0.5) is 0 Å². The predicted octanol–water partition coefficient (Wildman–Crippen LogP) is 2.28. The second kappa shape index (κ2) is 4.19. The Morgan fingerprint density at radius 2 is 2.06 bits per heavy atom. The zero-order valence-electron chi connectivity index (χ0n) is 8.04. The molecule has 0 bridgehead atoms. The molecule has 0 atom stereocenters. The molecule has 0 aliphatic carbocycles. The van der Waals surface area contributed by atoms with Crippen molar-refractivity contribution >= 4 is 46.3 Å². The smallest absolute Gasteiger partial charge is 0.506 e. The Labute approximate surface area is 109 Å². The lowest BCUT2D eigenvalue weighted by molar-refractivity contribution is 0.184. The molecule has 0 saturated carbocycles.